The van der Waals surface area contributed by atoms with Crippen LogP contribution in [0.3, 0.4) is 0 Å². The lowest BCUT2D eigenvalue weighted by Crippen LogP contribution is -2.41. The van der Waals surface area contributed by atoms with E-state index in [1.807, 2.05) is 44.2 Å². The van der Waals surface area contributed by atoms with E-state index in [9.17, 15) is 27.6 Å². The highest BCUT2D eigenvalue weighted by Crippen LogP contribution is 2.48. The standard InChI is InChI=1S/C34H35ClF3N7O4.C8H6N2O/c1-21(46)39-19-32(2,3)20-40-28(47)23-6-12-26(13-7-23)41-29-42-30(45-33(16-17-33)24-8-10-25(35)11-9-24)44-31(43-29)48-18-22-4-14-27(15-5-22)49-34(36,37)38;9-5-7-1-3-8(4-2-7)10-6-11/h4-15H,16-20H2,1-3H3,(H,39,46)(H,40,47)(H2,41,42,43,44,45);1-4,6H,(H,10,11). The number of nitriles is 1. The Kier molecular flexibility index (Phi) is 14.5. The van der Waals surface area contributed by atoms with E-state index in [0.29, 0.717) is 52.6 Å². The summed E-state index contributed by atoms with van der Waals surface area (Å²) in [6.07, 6.45) is -2.53. The molecule has 312 valence electrons. The molecule has 3 amide bonds. The predicted octanol–water partition coefficient (Wildman–Crippen LogP) is 7.87. The molecule has 0 saturated heterocycles. The smallest absolute Gasteiger partial charge is 0.458 e. The number of alkyl halides is 3. The minimum Gasteiger partial charge on any atom is -0.458 e. The summed E-state index contributed by atoms with van der Waals surface area (Å²) in [5.41, 5.74) is 3.14. The van der Waals surface area contributed by atoms with Gasteiger partial charge >= 0.3 is 12.4 Å². The third-order valence-electron chi connectivity index (χ3n) is 8.82. The van der Waals surface area contributed by atoms with Crippen molar-refractivity contribution in [1.29, 1.82) is 5.26 Å². The van der Waals surface area contributed by atoms with Gasteiger partial charge in [0.15, 0.2) is 0 Å². The Labute approximate surface area is 348 Å². The SMILES string of the molecule is CC(=O)NCC(C)(C)CNC(=O)c1ccc(Nc2nc(NC3(c4ccc(Cl)cc4)CC3)nc(OCc3ccc(OC(F)(F)F)cc3)n2)cc1.N#Cc1ccc(NC=O)cc1. The van der Waals surface area contributed by atoms with Crippen LogP contribution in [0.15, 0.2) is 97.1 Å². The number of benzene rings is 4. The molecule has 0 bridgehead atoms. The van der Waals surface area contributed by atoms with Crippen LogP contribution < -0.4 is 36.1 Å². The van der Waals surface area contributed by atoms with Crippen molar-refractivity contribution in [3.8, 4) is 17.8 Å². The van der Waals surface area contributed by atoms with Gasteiger partial charge in [-0.3, -0.25) is 14.4 Å². The summed E-state index contributed by atoms with van der Waals surface area (Å²) in [7, 11) is 0. The number of nitrogens with zero attached hydrogens (tertiary/aromatic N) is 4. The molecular formula is C42H41ClF3N9O5. The third-order valence-corrected chi connectivity index (χ3v) is 9.08. The summed E-state index contributed by atoms with van der Waals surface area (Å²) in [4.78, 5) is 47.4. The van der Waals surface area contributed by atoms with Crippen molar-refractivity contribution in [1.82, 2.24) is 25.6 Å². The maximum atomic E-state index is 12.8. The molecule has 14 nitrogen and oxygen atoms in total. The summed E-state index contributed by atoms with van der Waals surface area (Å²) in [5, 5.41) is 23.7. The van der Waals surface area contributed by atoms with Gasteiger partial charge in [-0.1, -0.05) is 49.7 Å². The van der Waals surface area contributed by atoms with Gasteiger partial charge in [0.25, 0.3) is 5.91 Å². The molecule has 5 aromatic rings. The van der Waals surface area contributed by atoms with E-state index < -0.39 is 11.9 Å². The molecule has 1 saturated carbocycles. The summed E-state index contributed by atoms with van der Waals surface area (Å²) < 4.78 is 47.4. The van der Waals surface area contributed by atoms with Gasteiger partial charge in [-0.05, 0) is 102 Å². The van der Waals surface area contributed by atoms with Gasteiger partial charge in [0.2, 0.25) is 24.2 Å². The molecule has 0 atom stereocenters. The number of carbonyl (C=O) groups excluding carboxylic acids is 3. The molecule has 1 aliphatic carbocycles. The van der Waals surface area contributed by atoms with Crippen LogP contribution in [0.5, 0.6) is 11.8 Å². The highest BCUT2D eigenvalue weighted by atomic mass is 35.5. The lowest BCUT2D eigenvalue weighted by molar-refractivity contribution is -0.274. The fourth-order valence-electron chi connectivity index (χ4n) is 5.45. The zero-order valence-corrected chi connectivity index (χ0v) is 33.4. The number of aromatic nitrogens is 3. The molecule has 0 unspecified atom stereocenters. The van der Waals surface area contributed by atoms with Gasteiger partial charge in [0, 0.05) is 42.0 Å². The van der Waals surface area contributed by atoms with E-state index >= 15 is 0 Å². The quantitative estimate of drug-likeness (QED) is 0.0608. The highest BCUT2D eigenvalue weighted by molar-refractivity contribution is 6.30. The van der Waals surface area contributed by atoms with Gasteiger partial charge in [0.1, 0.15) is 12.4 Å². The van der Waals surface area contributed by atoms with Crippen molar-refractivity contribution in [3.63, 3.8) is 0 Å². The summed E-state index contributed by atoms with van der Waals surface area (Å²) in [6, 6.07) is 28.1. The van der Waals surface area contributed by atoms with Crippen molar-refractivity contribution < 1.29 is 37.0 Å². The first-order valence-electron chi connectivity index (χ1n) is 18.4. The minimum atomic E-state index is -4.79. The summed E-state index contributed by atoms with van der Waals surface area (Å²) in [5.74, 6) is -0.346. The Morgan fingerprint density at radius 3 is 2.05 bits per heavy atom. The molecule has 0 spiro atoms. The first kappa shape index (κ1) is 44.2. The van der Waals surface area contributed by atoms with Gasteiger partial charge in [-0.15, -0.1) is 13.2 Å². The molecule has 1 aliphatic rings. The van der Waals surface area contributed by atoms with Crippen molar-refractivity contribution in [2.75, 3.05) is 29.0 Å². The fraction of sp³-hybridized carbons (Fsp3) is 0.262. The highest BCUT2D eigenvalue weighted by Gasteiger charge is 2.45. The second-order valence-corrected chi connectivity index (χ2v) is 14.8. The number of halogens is 4. The van der Waals surface area contributed by atoms with E-state index in [0.717, 1.165) is 18.4 Å². The normalized spacial score (nSPS) is 12.6. The molecule has 6 rings (SSSR count). The maximum absolute atomic E-state index is 12.8. The molecule has 1 heterocycles. The number of amides is 3. The van der Waals surface area contributed by atoms with Crippen LogP contribution in [0, 0.1) is 16.7 Å². The largest absolute Gasteiger partial charge is 0.573 e. The predicted molar refractivity (Wildman–Crippen MR) is 219 cm³/mol. The van der Waals surface area contributed by atoms with Crippen LogP contribution in [-0.4, -0.2) is 52.6 Å². The van der Waals surface area contributed by atoms with Gasteiger partial charge < -0.3 is 36.1 Å². The first-order valence-corrected chi connectivity index (χ1v) is 18.8. The van der Waals surface area contributed by atoms with E-state index in [4.69, 9.17) is 21.6 Å². The number of carbonyl (C=O) groups is 3. The number of ether oxygens (including phenoxy) is 2. The Morgan fingerprint density at radius 2 is 1.47 bits per heavy atom. The number of nitrogens with one attached hydrogen (secondary N) is 5. The molecule has 0 radical (unpaired) electrons. The Bertz CT molecular complexity index is 2280. The van der Waals surface area contributed by atoms with Crippen LogP contribution in [-0.2, 0) is 21.7 Å². The third kappa shape index (κ3) is 13.9. The average molecular weight is 844 g/mol. The number of rotatable bonds is 16. The molecule has 1 fully saturated rings. The molecule has 0 aliphatic heterocycles. The van der Waals surface area contributed by atoms with Gasteiger partial charge in [-0.2, -0.15) is 20.2 Å². The summed E-state index contributed by atoms with van der Waals surface area (Å²) >= 11 is 6.09. The molecule has 60 heavy (non-hydrogen) atoms. The van der Waals surface area contributed by atoms with Gasteiger partial charge in [-0.25, -0.2) is 0 Å². The zero-order valence-electron chi connectivity index (χ0n) is 32.7. The Hall–Kier alpha value is -6.93. The van der Waals surface area contributed by atoms with E-state index in [1.54, 1.807) is 48.5 Å². The second-order valence-electron chi connectivity index (χ2n) is 14.4. The van der Waals surface area contributed by atoms with Crippen molar-refractivity contribution in [2.24, 2.45) is 5.41 Å². The number of anilines is 4. The Balaban J connectivity index is 0.000000538. The summed E-state index contributed by atoms with van der Waals surface area (Å²) in [6.45, 7) is 6.07. The van der Waals surface area contributed by atoms with Crippen LogP contribution in [0.2, 0.25) is 5.02 Å². The molecule has 4 aromatic carbocycles. The topological polar surface area (TPSA) is 192 Å². The molecule has 1 aromatic heterocycles. The monoisotopic (exact) mass is 843 g/mol. The van der Waals surface area contributed by atoms with E-state index in [1.165, 1.54) is 31.2 Å². The van der Waals surface area contributed by atoms with Crippen LogP contribution in [0.25, 0.3) is 0 Å². The maximum Gasteiger partial charge on any atom is 0.573 e. The fourth-order valence-corrected chi connectivity index (χ4v) is 5.58. The second kappa shape index (κ2) is 19.7. The number of hydrogen-bond donors (Lipinski definition) is 5. The van der Waals surface area contributed by atoms with Crippen molar-refractivity contribution >= 4 is 53.1 Å². The van der Waals surface area contributed by atoms with Gasteiger partial charge in [0.05, 0.1) is 17.2 Å². The number of hydrogen-bond acceptors (Lipinski definition) is 11. The molecular weight excluding hydrogens is 803 g/mol. The molecule has 5 N–H and O–H groups in total. The van der Waals surface area contributed by atoms with Crippen molar-refractivity contribution in [2.45, 2.75) is 52.1 Å². The van der Waals surface area contributed by atoms with Crippen LogP contribution in [0.4, 0.5) is 36.4 Å². The van der Waals surface area contributed by atoms with E-state index in [2.05, 4.69) is 46.3 Å². The van der Waals surface area contributed by atoms with Crippen LogP contribution >= 0.6 is 11.6 Å². The zero-order chi connectivity index (χ0) is 43.3. The average Bonchev–Trinajstić information content (AvgIpc) is 4.00. The lowest BCUT2D eigenvalue weighted by Gasteiger charge is -2.25. The lowest BCUT2D eigenvalue weighted by atomic mass is 9.93. The minimum absolute atomic E-state index is 0.0274. The van der Waals surface area contributed by atoms with Crippen molar-refractivity contribution in [3.05, 3.63) is 124 Å². The first-order chi connectivity index (χ1) is 28.5. The van der Waals surface area contributed by atoms with Crippen LogP contribution in [0.1, 0.15) is 60.7 Å². The Morgan fingerprint density at radius 1 is 0.850 bits per heavy atom. The molecule has 18 heteroatoms. The van der Waals surface area contributed by atoms with E-state index in [-0.39, 0.29) is 47.5 Å².